The van der Waals surface area contributed by atoms with Gasteiger partial charge in [0.15, 0.2) is 11.6 Å². The molecule has 5 aromatic heterocycles. The third-order valence-electron chi connectivity index (χ3n) is 7.82. The molecule has 3 aromatic carbocycles. The molecular weight excluding hydrogens is 742 g/mol. The number of pyridine rings is 1. The molecule has 272 valence electrons. The van der Waals surface area contributed by atoms with E-state index in [2.05, 4.69) is 66.6 Å². The molecule has 5 heterocycles. The number of rotatable bonds is 10. The van der Waals surface area contributed by atoms with Gasteiger partial charge in [-0.05, 0) is 60.2 Å². The van der Waals surface area contributed by atoms with Crippen molar-refractivity contribution < 1.29 is 13.2 Å². The second-order valence-electron chi connectivity index (χ2n) is 11.6. The van der Waals surface area contributed by atoms with Crippen LogP contribution in [0.2, 0.25) is 10.0 Å². The standard InChI is InChI=1S/C19H14ClF3N6.C17H14ClN7/c20-15-10-25-18(27-13-6-5-12-9-26-29-16(12)7-13)28-17(15)24-8-11-3-1-2-4-14(11)19(21,22)23;18-14-10-21-17(23-12-5-4-11-8-22-25-15(11)7-12)24-16(14)20-9-13-3-1-2-6-19-13/h1-7,9-10H,8H2,(H,26,29)(H2,24,25,27,28);1-8,10H,9H2,(H,22,25)(H2,20,21,23,24). The number of hydrogen-bond acceptors (Lipinski definition) is 11. The molecule has 0 atom stereocenters. The van der Waals surface area contributed by atoms with Crippen LogP contribution in [0.1, 0.15) is 16.8 Å². The smallest absolute Gasteiger partial charge is 0.365 e. The number of halogens is 5. The molecule has 0 radical (unpaired) electrons. The second-order valence-corrected chi connectivity index (χ2v) is 12.4. The number of anilines is 6. The van der Waals surface area contributed by atoms with Gasteiger partial charge in [0, 0.05) is 34.9 Å². The third-order valence-corrected chi connectivity index (χ3v) is 8.37. The summed E-state index contributed by atoms with van der Waals surface area (Å²) in [5.74, 6) is 1.47. The summed E-state index contributed by atoms with van der Waals surface area (Å²) < 4.78 is 39.5. The maximum atomic E-state index is 13.2. The van der Waals surface area contributed by atoms with E-state index < -0.39 is 11.7 Å². The predicted octanol–water partition coefficient (Wildman–Crippen LogP) is 9.14. The highest BCUT2D eigenvalue weighted by molar-refractivity contribution is 6.33. The highest BCUT2D eigenvalue weighted by atomic mass is 35.5. The quantitative estimate of drug-likeness (QED) is 0.0784. The Kier molecular flexibility index (Phi) is 10.6. The summed E-state index contributed by atoms with van der Waals surface area (Å²) in [6.45, 7) is 0.434. The molecule has 0 fully saturated rings. The van der Waals surface area contributed by atoms with Crippen molar-refractivity contribution in [2.24, 2.45) is 0 Å². The number of fused-ring (bicyclic) bond motifs is 2. The Morgan fingerprint density at radius 3 is 1.72 bits per heavy atom. The van der Waals surface area contributed by atoms with Gasteiger partial charge in [0.05, 0.1) is 53.6 Å². The molecule has 0 unspecified atom stereocenters. The molecule has 18 heteroatoms. The molecule has 0 aliphatic carbocycles. The average molecular weight is 771 g/mol. The molecular formula is C36H28Cl2F3N13. The van der Waals surface area contributed by atoms with Crippen molar-refractivity contribution in [3.8, 4) is 0 Å². The Labute approximate surface area is 314 Å². The minimum absolute atomic E-state index is 0.0913. The van der Waals surface area contributed by atoms with Crippen molar-refractivity contribution in [3.63, 3.8) is 0 Å². The zero-order chi connectivity index (χ0) is 37.5. The van der Waals surface area contributed by atoms with E-state index >= 15 is 0 Å². The summed E-state index contributed by atoms with van der Waals surface area (Å²) in [5, 5.41) is 28.7. The second kappa shape index (κ2) is 16.0. The molecule has 0 amide bonds. The van der Waals surface area contributed by atoms with E-state index in [1.54, 1.807) is 30.9 Å². The monoisotopic (exact) mass is 769 g/mol. The van der Waals surface area contributed by atoms with Gasteiger partial charge in [0.1, 0.15) is 10.0 Å². The summed E-state index contributed by atoms with van der Waals surface area (Å²) in [6, 6.07) is 22.5. The first-order chi connectivity index (χ1) is 26.2. The zero-order valence-corrected chi connectivity index (χ0v) is 29.3. The van der Waals surface area contributed by atoms with E-state index in [1.807, 2.05) is 54.6 Å². The lowest BCUT2D eigenvalue weighted by atomic mass is 10.1. The molecule has 0 aliphatic rings. The maximum absolute atomic E-state index is 13.2. The number of aromatic nitrogens is 9. The largest absolute Gasteiger partial charge is 0.416 e. The first kappa shape index (κ1) is 35.9. The molecule has 0 spiro atoms. The highest BCUT2D eigenvalue weighted by Gasteiger charge is 2.32. The number of alkyl halides is 3. The van der Waals surface area contributed by atoms with E-state index in [1.165, 1.54) is 18.3 Å². The van der Waals surface area contributed by atoms with E-state index in [-0.39, 0.29) is 28.9 Å². The molecule has 54 heavy (non-hydrogen) atoms. The molecule has 0 bridgehead atoms. The number of benzene rings is 3. The number of aromatic amines is 2. The summed E-state index contributed by atoms with van der Waals surface area (Å²) in [6.07, 6.45) is 3.73. The minimum Gasteiger partial charge on any atom is -0.365 e. The lowest BCUT2D eigenvalue weighted by molar-refractivity contribution is -0.138. The van der Waals surface area contributed by atoms with Crippen molar-refractivity contribution >= 4 is 79.9 Å². The van der Waals surface area contributed by atoms with E-state index in [0.29, 0.717) is 23.3 Å². The van der Waals surface area contributed by atoms with Gasteiger partial charge in [-0.1, -0.05) is 47.5 Å². The summed E-state index contributed by atoms with van der Waals surface area (Å²) in [7, 11) is 0. The molecule has 13 nitrogen and oxygen atoms in total. The fraction of sp³-hybridized carbons (Fsp3) is 0.0833. The molecule has 0 saturated carbocycles. The zero-order valence-electron chi connectivity index (χ0n) is 27.8. The molecule has 6 N–H and O–H groups in total. The van der Waals surface area contributed by atoms with E-state index in [4.69, 9.17) is 23.2 Å². The van der Waals surface area contributed by atoms with Gasteiger partial charge in [-0.2, -0.15) is 33.3 Å². The van der Waals surface area contributed by atoms with Crippen LogP contribution >= 0.6 is 23.2 Å². The van der Waals surface area contributed by atoms with Crippen molar-refractivity contribution in [2.75, 3.05) is 21.3 Å². The van der Waals surface area contributed by atoms with Crippen LogP contribution in [-0.2, 0) is 19.3 Å². The fourth-order valence-electron chi connectivity index (χ4n) is 5.20. The molecule has 0 saturated heterocycles. The van der Waals surface area contributed by atoms with Crippen LogP contribution < -0.4 is 21.3 Å². The van der Waals surface area contributed by atoms with Crippen LogP contribution in [0.25, 0.3) is 21.8 Å². The predicted molar refractivity (Wildman–Crippen MR) is 203 cm³/mol. The van der Waals surface area contributed by atoms with Crippen molar-refractivity contribution in [3.05, 3.63) is 137 Å². The van der Waals surface area contributed by atoms with Gasteiger partial charge in [-0.15, -0.1) is 0 Å². The number of hydrogen-bond donors (Lipinski definition) is 6. The molecule has 0 aliphatic heterocycles. The van der Waals surface area contributed by atoms with Crippen LogP contribution in [0.5, 0.6) is 0 Å². The Morgan fingerprint density at radius 1 is 0.611 bits per heavy atom. The molecule has 8 rings (SSSR count). The molecule has 8 aromatic rings. The number of H-pyrrole nitrogens is 2. The first-order valence-corrected chi connectivity index (χ1v) is 16.9. The van der Waals surface area contributed by atoms with Crippen molar-refractivity contribution in [1.82, 2.24) is 45.3 Å². The Hall–Kier alpha value is -6.52. The number of nitrogens with one attached hydrogen (secondary N) is 6. The maximum Gasteiger partial charge on any atom is 0.416 e. The van der Waals surface area contributed by atoms with Crippen molar-refractivity contribution in [2.45, 2.75) is 19.3 Å². The van der Waals surface area contributed by atoms with E-state index in [0.717, 1.165) is 44.9 Å². The first-order valence-electron chi connectivity index (χ1n) is 16.2. The Balaban J connectivity index is 0.000000168. The topological polar surface area (TPSA) is 170 Å². The van der Waals surface area contributed by atoms with E-state index in [9.17, 15) is 13.2 Å². The lowest BCUT2D eigenvalue weighted by Gasteiger charge is -2.14. The SMILES string of the molecule is Clc1cnc(Nc2ccc3cn[nH]c3c2)nc1NCc1ccccn1.FC(F)(F)c1ccccc1CNc1nc(Nc2ccc3cn[nH]c3c2)ncc1Cl. The van der Waals surface area contributed by atoms with Gasteiger partial charge in [0.2, 0.25) is 11.9 Å². The van der Waals surface area contributed by atoms with Crippen LogP contribution in [0.4, 0.5) is 48.1 Å². The van der Waals surface area contributed by atoms with Gasteiger partial charge >= 0.3 is 6.18 Å². The van der Waals surface area contributed by atoms with Crippen molar-refractivity contribution in [1.29, 1.82) is 0 Å². The van der Waals surface area contributed by atoms with Gasteiger partial charge in [0.25, 0.3) is 0 Å². The Bertz CT molecular complexity index is 2510. The normalized spacial score (nSPS) is 11.2. The summed E-state index contributed by atoms with van der Waals surface area (Å²) in [5.41, 5.74) is 3.64. The average Bonchev–Trinajstić information content (AvgIpc) is 3.85. The van der Waals surface area contributed by atoms with Crippen LogP contribution in [0, 0.1) is 0 Å². The van der Waals surface area contributed by atoms with Crippen LogP contribution in [0.15, 0.2) is 110 Å². The van der Waals surface area contributed by atoms with Gasteiger partial charge in [-0.3, -0.25) is 15.2 Å². The highest BCUT2D eigenvalue weighted by Crippen LogP contribution is 2.33. The third kappa shape index (κ3) is 8.91. The summed E-state index contributed by atoms with van der Waals surface area (Å²) in [4.78, 5) is 21.3. The van der Waals surface area contributed by atoms with Gasteiger partial charge < -0.3 is 21.3 Å². The minimum atomic E-state index is -4.44. The fourth-order valence-corrected chi connectivity index (χ4v) is 5.51. The lowest BCUT2D eigenvalue weighted by Crippen LogP contribution is -2.12. The summed E-state index contributed by atoms with van der Waals surface area (Å²) >= 11 is 12.3. The van der Waals surface area contributed by atoms with Gasteiger partial charge in [-0.25, -0.2) is 9.97 Å². The Morgan fingerprint density at radius 2 is 1.17 bits per heavy atom. The van der Waals surface area contributed by atoms with Crippen LogP contribution in [-0.4, -0.2) is 45.3 Å². The van der Waals surface area contributed by atoms with Crippen LogP contribution in [0.3, 0.4) is 0 Å². The number of nitrogens with zero attached hydrogens (tertiary/aromatic N) is 7.